The lowest BCUT2D eigenvalue weighted by Crippen LogP contribution is -2.09. The van der Waals surface area contributed by atoms with Crippen molar-refractivity contribution >= 4 is 17.5 Å². The second kappa shape index (κ2) is 9.74. The van der Waals surface area contributed by atoms with Crippen molar-refractivity contribution in [1.82, 2.24) is 19.3 Å². The second-order valence-electron chi connectivity index (χ2n) is 7.01. The van der Waals surface area contributed by atoms with E-state index < -0.39 is 0 Å². The molecule has 4 rings (SSSR count). The molecule has 0 aliphatic heterocycles. The highest BCUT2D eigenvalue weighted by Crippen LogP contribution is 2.30. The molecule has 4 aromatic rings. The SMILES string of the molecule is CCOc1ccc(-n2c(SCC(=O)c3cccn3C)nnc2-c2ccc(OC)cc2)cc1. The number of rotatable bonds is 9. The van der Waals surface area contributed by atoms with E-state index in [0.29, 0.717) is 23.3 Å². The molecular weight excluding hydrogens is 424 g/mol. The lowest BCUT2D eigenvalue weighted by atomic mass is 10.2. The lowest BCUT2D eigenvalue weighted by molar-refractivity contribution is 0.101. The minimum Gasteiger partial charge on any atom is -0.497 e. The van der Waals surface area contributed by atoms with Crippen LogP contribution < -0.4 is 9.47 Å². The third-order valence-corrected chi connectivity index (χ3v) is 5.88. The van der Waals surface area contributed by atoms with Crippen LogP contribution in [0.5, 0.6) is 11.5 Å². The monoisotopic (exact) mass is 448 g/mol. The number of hydrogen-bond donors (Lipinski definition) is 0. The van der Waals surface area contributed by atoms with Crippen molar-refractivity contribution in [3.05, 3.63) is 72.6 Å². The first-order chi connectivity index (χ1) is 15.6. The number of ketones is 1. The zero-order chi connectivity index (χ0) is 22.5. The zero-order valence-corrected chi connectivity index (χ0v) is 19.0. The summed E-state index contributed by atoms with van der Waals surface area (Å²) < 4.78 is 14.6. The molecule has 0 N–H and O–H groups in total. The molecule has 0 saturated carbocycles. The topological polar surface area (TPSA) is 71.2 Å². The molecule has 0 atom stereocenters. The zero-order valence-electron chi connectivity index (χ0n) is 18.2. The fourth-order valence-corrected chi connectivity index (χ4v) is 4.16. The van der Waals surface area contributed by atoms with Crippen LogP contribution in [0.2, 0.25) is 0 Å². The molecule has 2 aromatic carbocycles. The van der Waals surface area contributed by atoms with Crippen LogP contribution in [0.3, 0.4) is 0 Å². The molecule has 0 aliphatic carbocycles. The predicted octanol–water partition coefficient (Wildman–Crippen LogP) is 4.66. The molecule has 2 heterocycles. The van der Waals surface area contributed by atoms with Gasteiger partial charge in [0.2, 0.25) is 0 Å². The van der Waals surface area contributed by atoms with Crippen molar-refractivity contribution in [2.24, 2.45) is 7.05 Å². The third kappa shape index (κ3) is 4.55. The predicted molar refractivity (Wildman–Crippen MR) is 125 cm³/mol. The number of methoxy groups -OCH3 is 1. The lowest BCUT2D eigenvalue weighted by Gasteiger charge is -2.12. The molecule has 0 bridgehead atoms. The number of aromatic nitrogens is 4. The molecule has 2 aromatic heterocycles. The molecule has 0 aliphatic rings. The number of thioether (sulfide) groups is 1. The van der Waals surface area contributed by atoms with Gasteiger partial charge in [-0.15, -0.1) is 10.2 Å². The van der Waals surface area contributed by atoms with Gasteiger partial charge in [-0.05, 0) is 67.6 Å². The maximum absolute atomic E-state index is 12.7. The molecule has 164 valence electrons. The summed E-state index contributed by atoms with van der Waals surface area (Å²) in [5.41, 5.74) is 2.45. The Morgan fingerprint density at radius 3 is 2.34 bits per heavy atom. The van der Waals surface area contributed by atoms with Crippen LogP contribution in [0.4, 0.5) is 0 Å². The van der Waals surface area contributed by atoms with E-state index in [1.54, 1.807) is 7.11 Å². The molecule has 32 heavy (non-hydrogen) atoms. The van der Waals surface area contributed by atoms with Crippen LogP contribution in [0, 0.1) is 0 Å². The van der Waals surface area contributed by atoms with Crippen molar-refractivity contribution in [2.45, 2.75) is 12.1 Å². The summed E-state index contributed by atoms with van der Waals surface area (Å²) in [6.45, 7) is 2.55. The van der Waals surface area contributed by atoms with Crippen LogP contribution >= 0.6 is 11.8 Å². The molecule has 0 spiro atoms. The number of benzene rings is 2. The number of Topliss-reactive ketones (excluding diaryl/α,β-unsaturated/α-hetero) is 1. The highest BCUT2D eigenvalue weighted by molar-refractivity contribution is 7.99. The van der Waals surface area contributed by atoms with Gasteiger partial charge in [0.1, 0.15) is 11.5 Å². The van der Waals surface area contributed by atoms with Crippen LogP contribution in [-0.2, 0) is 7.05 Å². The summed E-state index contributed by atoms with van der Waals surface area (Å²) in [5, 5.41) is 9.48. The molecule has 7 nitrogen and oxygen atoms in total. The summed E-state index contributed by atoms with van der Waals surface area (Å²) in [6.07, 6.45) is 1.86. The first-order valence-electron chi connectivity index (χ1n) is 10.2. The maximum Gasteiger partial charge on any atom is 0.196 e. The third-order valence-electron chi connectivity index (χ3n) is 4.95. The van der Waals surface area contributed by atoms with E-state index in [2.05, 4.69) is 10.2 Å². The Bertz CT molecular complexity index is 1200. The van der Waals surface area contributed by atoms with E-state index in [-0.39, 0.29) is 11.5 Å². The van der Waals surface area contributed by atoms with E-state index in [4.69, 9.17) is 9.47 Å². The largest absolute Gasteiger partial charge is 0.497 e. The van der Waals surface area contributed by atoms with Gasteiger partial charge in [-0.2, -0.15) is 0 Å². The van der Waals surface area contributed by atoms with Gasteiger partial charge in [0.25, 0.3) is 0 Å². The summed E-state index contributed by atoms with van der Waals surface area (Å²) in [6, 6.07) is 19.1. The van der Waals surface area contributed by atoms with Gasteiger partial charge in [-0.3, -0.25) is 9.36 Å². The number of carbonyl (C=O) groups excluding carboxylic acids is 1. The molecular formula is C24H24N4O3S. The Balaban J connectivity index is 1.68. The van der Waals surface area contributed by atoms with E-state index in [0.717, 1.165) is 22.7 Å². The average molecular weight is 449 g/mol. The van der Waals surface area contributed by atoms with Gasteiger partial charge in [0.05, 0.1) is 25.2 Å². The Morgan fingerprint density at radius 2 is 1.72 bits per heavy atom. The quantitative estimate of drug-likeness (QED) is 0.274. The standard InChI is InChI=1S/C24H24N4O3S/c1-4-31-20-13-9-18(10-14-20)28-23(17-7-11-19(30-3)12-8-17)25-26-24(28)32-16-22(29)21-6-5-15-27(21)2/h5-15H,4,16H2,1-3H3. The summed E-state index contributed by atoms with van der Waals surface area (Å²) in [7, 11) is 3.50. The normalized spacial score (nSPS) is 10.8. The van der Waals surface area contributed by atoms with Gasteiger partial charge in [-0.25, -0.2) is 0 Å². The molecule has 0 radical (unpaired) electrons. The number of carbonyl (C=O) groups is 1. The van der Waals surface area contributed by atoms with E-state index in [1.165, 1.54) is 11.8 Å². The molecule has 0 fully saturated rings. The number of ether oxygens (including phenoxy) is 2. The van der Waals surface area contributed by atoms with Crippen molar-refractivity contribution < 1.29 is 14.3 Å². The molecule has 0 unspecified atom stereocenters. The number of aryl methyl sites for hydroxylation is 1. The fraction of sp³-hybridized carbons (Fsp3) is 0.208. The van der Waals surface area contributed by atoms with Crippen molar-refractivity contribution in [3.8, 4) is 28.6 Å². The Morgan fingerprint density at radius 1 is 1.00 bits per heavy atom. The maximum atomic E-state index is 12.7. The molecule has 8 heteroatoms. The summed E-state index contributed by atoms with van der Waals surface area (Å²) >= 11 is 1.37. The van der Waals surface area contributed by atoms with Gasteiger partial charge >= 0.3 is 0 Å². The summed E-state index contributed by atoms with van der Waals surface area (Å²) in [4.78, 5) is 12.7. The van der Waals surface area contributed by atoms with Gasteiger partial charge in [0.15, 0.2) is 16.8 Å². The van der Waals surface area contributed by atoms with E-state index in [1.807, 2.05) is 90.0 Å². The smallest absolute Gasteiger partial charge is 0.196 e. The van der Waals surface area contributed by atoms with E-state index in [9.17, 15) is 4.79 Å². The fourth-order valence-electron chi connectivity index (χ4n) is 3.34. The Hall–Kier alpha value is -3.52. The van der Waals surface area contributed by atoms with Crippen molar-refractivity contribution in [1.29, 1.82) is 0 Å². The minimum atomic E-state index is 0.0368. The minimum absolute atomic E-state index is 0.0368. The Labute approximate surface area is 191 Å². The average Bonchev–Trinajstić information content (AvgIpc) is 3.44. The van der Waals surface area contributed by atoms with Crippen LogP contribution in [0.15, 0.2) is 72.0 Å². The number of hydrogen-bond acceptors (Lipinski definition) is 6. The molecule has 0 amide bonds. The van der Waals surface area contributed by atoms with E-state index >= 15 is 0 Å². The van der Waals surface area contributed by atoms with Gasteiger partial charge in [-0.1, -0.05) is 11.8 Å². The van der Waals surface area contributed by atoms with Crippen LogP contribution in [0.25, 0.3) is 17.1 Å². The van der Waals surface area contributed by atoms with Gasteiger partial charge < -0.3 is 14.0 Å². The summed E-state index contributed by atoms with van der Waals surface area (Å²) in [5.74, 6) is 2.54. The highest BCUT2D eigenvalue weighted by Gasteiger charge is 2.18. The van der Waals surface area contributed by atoms with Crippen molar-refractivity contribution in [2.75, 3.05) is 19.5 Å². The second-order valence-corrected chi connectivity index (χ2v) is 7.96. The van der Waals surface area contributed by atoms with Crippen molar-refractivity contribution in [3.63, 3.8) is 0 Å². The Kier molecular flexibility index (Phi) is 6.61. The highest BCUT2D eigenvalue weighted by atomic mass is 32.2. The molecule has 0 saturated heterocycles. The van der Waals surface area contributed by atoms with Crippen LogP contribution in [-0.4, -0.2) is 44.6 Å². The first-order valence-corrected chi connectivity index (χ1v) is 11.2. The van der Waals surface area contributed by atoms with Gasteiger partial charge in [0, 0.05) is 24.5 Å². The first kappa shape index (κ1) is 21.7. The number of nitrogens with zero attached hydrogens (tertiary/aromatic N) is 4. The van der Waals surface area contributed by atoms with Crippen LogP contribution in [0.1, 0.15) is 17.4 Å².